The van der Waals surface area contributed by atoms with Gasteiger partial charge in [0, 0.05) is 23.9 Å². The molecule has 0 atom stereocenters. The van der Waals surface area contributed by atoms with E-state index in [9.17, 15) is 18.7 Å². The summed E-state index contributed by atoms with van der Waals surface area (Å²) in [6.07, 6.45) is 1.17. The molecule has 1 saturated carbocycles. The van der Waals surface area contributed by atoms with E-state index in [0.717, 1.165) is 29.5 Å². The highest BCUT2D eigenvalue weighted by Gasteiger charge is 2.44. The monoisotopic (exact) mass is 627 g/mol. The number of halogens is 4. The summed E-state index contributed by atoms with van der Waals surface area (Å²) in [7, 11) is 0. The number of pyridine rings is 1. The van der Waals surface area contributed by atoms with Crippen molar-refractivity contribution in [3.05, 3.63) is 81.9 Å². The minimum absolute atomic E-state index is 0.0219. The second-order valence-electron chi connectivity index (χ2n) is 10.5. The summed E-state index contributed by atoms with van der Waals surface area (Å²) < 4.78 is 71.6. The first-order chi connectivity index (χ1) is 21.2. The van der Waals surface area contributed by atoms with Crippen molar-refractivity contribution in [3.63, 3.8) is 0 Å². The first kappa shape index (κ1) is 29.5. The highest BCUT2D eigenvalue weighted by Crippen LogP contribution is 2.48. The fourth-order valence-corrected chi connectivity index (χ4v) is 5.50. The predicted molar refractivity (Wildman–Crippen MR) is 152 cm³/mol. The molecule has 0 radical (unpaired) electrons. The van der Waals surface area contributed by atoms with Crippen molar-refractivity contribution < 1.29 is 36.9 Å². The van der Waals surface area contributed by atoms with Gasteiger partial charge in [-0.15, -0.1) is 5.10 Å². The summed E-state index contributed by atoms with van der Waals surface area (Å²) >= 11 is 1.12. The summed E-state index contributed by atoms with van der Waals surface area (Å²) in [5.41, 5.74) is 0.0937. The molecule has 0 bridgehead atoms. The largest absolute Gasteiger partial charge is 0.478 e. The Morgan fingerprint density at radius 2 is 1.84 bits per heavy atom. The molecule has 44 heavy (non-hydrogen) atoms. The summed E-state index contributed by atoms with van der Waals surface area (Å²) in [6, 6.07) is 8.63. The Balaban J connectivity index is 1.28. The molecule has 6 rings (SSSR count). The minimum Gasteiger partial charge on any atom is -0.478 e. The second-order valence-corrected chi connectivity index (χ2v) is 11.5. The van der Waals surface area contributed by atoms with E-state index in [-0.39, 0.29) is 42.0 Å². The summed E-state index contributed by atoms with van der Waals surface area (Å²) in [6.45, 7) is 1.71. The molecule has 9 nitrogen and oxygen atoms in total. The van der Waals surface area contributed by atoms with Gasteiger partial charge in [-0.2, -0.15) is 0 Å². The average molecular weight is 628 g/mol. The van der Waals surface area contributed by atoms with Crippen LogP contribution in [0, 0.1) is 22.9 Å². The number of hydrogen-bond acceptors (Lipinski definition) is 8. The molecule has 1 N–H and O–H groups in total. The molecule has 0 saturated heterocycles. The van der Waals surface area contributed by atoms with Crippen molar-refractivity contribution >= 4 is 28.3 Å². The van der Waals surface area contributed by atoms with Gasteiger partial charge in [0.05, 0.1) is 35.6 Å². The van der Waals surface area contributed by atoms with Gasteiger partial charge in [0.25, 0.3) is 11.1 Å². The normalized spacial score (nSPS) is 13.8. The van der Waals surface area contributed by atoms with Crippen molar-refractivity contribution in [2.45, 2.75) is 39.3 Å². The summed E-state index contributed by atoms with van der Waals surface area (Å²) in [5, 5.41) is 17.9. The third kappa shape index (κ3) is 5.94. The lowest BCUT2D eigenvalue weighted by atomic mass is 10.0. The van der Waals surface area contributed by atoms with Gasteiger partial charge in [0.2, 0.25) is 0 Å². The molecule has 3 heterocycles. The van der Waals surface area contributed by atoms with Crippen molar-refractivity contribution in [1.82, 2.24) is 24.7 Å². The van der Waals surface area contributed by atoms with E-state index >= 15 is 8.78 Å². The number of imidazole rings is 1. The van der Waals surface area contributed by atoms with Crippen molar-refractivity contribution in [2.75, 3.05) is 13.3 Å². The molecule has 14 heteroatoms. The maximum atomic E-state index is 15.5. The van der Waals surface area contributed by atoms with Gasteiger partial charge in [-0.3, -0.25) is 4.39 Å². The minimum atomic E-state index is -1.13. The van der Waals surface area contributed by atoms with E-state index < -0.39 is 41.4 Å². The van der Waals surface area contributed by atoms with Crippen molar-refractivity contribution in [2.24, 2.45) is 5.41 Å². The molecule has 5 aromatic rings. The number of aromatic nitrogens is 5. The number of fused-ring (bicyclic) bond motifs is 1. The summed E-state index contributed by atoms with van der Waals surface area (Å²) in [5.74, 6) is -3.58. The van der Waals surface area contributed by atoms with Gasteiger partial charge in [-0.25, -0.2) is 27.9 Å². The van der Waals surface area contributed by atoms with Gasteiger partial charge < -0.3 is 19.1 Å². The lowest BCUT2D eigenvalue weighted by Gasteiger charge is -2.16. The molecule has 1 aliphatic rings. The number of alkyl halides is 1. The molecular formula is C30H25F4N5O4S. The first-order valence-corrected chi connectivity index (χ1v) is 14.5. The molecular weight excluding hydrogens is 602 g/mol. The Hall–Kier alpha value is -4.59. The smallest absolute Gasteiger partial charge is 0.335 e. The SMILES string of the molecule is CCOc1nnc(COc2nc(-c3cc(F)c(Cc4nc5ccc(C(=O)O)cc5n4CC4(CF)CC4)cc3F)ccc2F)s1. The van der Waals surface area contributed by atoms with E-state index in [1.165, 1.54) is 24.3 Å². The van der Waals surface area contributed by atoms with Crippen LogP contribution in [-0.4, -0.2) is 49.1 Å². The fraction of sp³-hybridized carbons (Fsp3) is 0.300. The number of carbonyl (C=O) groups is 1. The molecule has 0 amide bonds. The van der Waals surface area contributed by atoms with Crippen LogP contribution >= 0.6 is 11.3 Å². The molecule has 1 aliphatic carbocycles. The number of aromatic carboxylic acids is 1. The number of ether oxygens (including phenoxy) is 2. The maximum absolute atomic E-state index is 15.5. The average Bonchev–Trinajstić information content (AvgIpc) is 3.52. The van der Waals surface area contributed by atoms with Gasteiger partial charge in [-0.1, -0.05) is 16.4 Å². The molecule has 0 aliphatic heterocycles. The van der Waals surface area contributed by atoms with Crippen LogP contribution in [0.25, 0.3) is 22.3 Å². The van der Waals surface area contributed by atoms with Crippen LogP contribution in [0.2, 0.25) is 0 Å². The Kier molecular flexibility index (Phi) is 7.93. The Labute approximate surface area is 252 Å². The number of carboxylic acids is 1. The zero-order chi connectivity index (χ0) is 31.0. The van der Waals surface area contributed by atoms with Crippen LogP contribution in [0.3, 0.4) is 0 Å². The molecule has 1 fully saturated rings. The van der Waals surface area contributed by atoms with Gasteiger partial charge in [0.15, 0.2) is 10.8 Å². The third-order valence-electron chi connectivity index (χ3n) is 7.43. The zero-order valence-electron chi connectivity index (χ0n) is 23.3. The number of hydrogen-bond donors (Lipinski definition) is 1. The van der Waals surface area contributed by atoms with E-state index in [4.69, 9.17) is 9.47 Å². The maximum Gasteiger partial charge on any atom is 0.335 e. The molecule has 228 valence electrons. The van der Waals surface area contributed by atoms with Crippen molar-refractivity contribution in [1.29, 1.82) is 0 Å². The van der Waals surface area contributed by atoms with Crippen LogP contribution < -0.4 is 9.47 Å². The standard InChI is InChI=1S/C30H25F4N5O4S/c1-2-42-29-38-37-26(44-29)13-43-27-19(32)4-6-22(36-27)18-12-20(33)17(9-21(18)34)11-25-35-23-5-3-16(28(40)41)10-24(23)39(25)15-30(14-31)7-8-30/h3-6,9-10,12H,2,7-8,11,13-15H2,1H3,(H,40,41). The summed E-state index contributed by atoms with van der Waals surface area (Å²) in [4.78, 5) is 20.2. The first-order valence-electron chi connectivity index (χ1n) is 13.7. The molecule has 3 aromatic heterocycles. The van der Waals surface area contributed by atoms with Crippen LogP contribution in [0.4, 0.5) is 17.6 Å². The van der Waals surface area contributed by atoms with Crippen LogP contribution in [-0.2, 0) is 19.6 Å². The number of carboxylic acid groups (broad SMARTS) is 1. The number of rotatable bonds is 12. The third-order valence-corrected chi connectivity index (χ3v) is 8.24. The van der Waals surface area contributed by atoms with E-state index in [1.54, 1.807) is 11.5 Å². The molecule has 0 unspecified atom stereocenters. The quantitative estimate of drug-likeness (QED) is 0.159. The second kappa shape index (κ2) is 11.8. The molecule has 2 aromatic carbocycles. The van der Waals surface area contributed by atoms with E-state index in [2.05, 4.69) is 20.2 Å². The Bertz CT molecular complexity index is 1870. The fourth-order valence-electron chi connectivity index (χ4n) is 4.84. The molecule has 0 spiro atoms. The topological polar surface area (TPSA) is 112 Å². The zero-order valence-corrected chi connectivity index (χ0v) is 24.1. The van der Waals surface area contributed by atoms with Crippen LogP contribution in [0.15, 0.2) is 42.5 Å². The Morgan fingerprint density at radius 3 is 2.57 bits per heavy atom. The highest BCUT2D eigenvalue weighted by molar-refractivity contribution is 7.13. The predicted octanol–water partition coefficient (Wildman–Crippen LogP) is 6.38. The van der Waals surface area contributed by atoms with Gasteiger partial charge in [-0.05, 0) is 67.8 Å². The Morgan fingerprint density at radius 1 is 1.02 bits per heavy atom. The van der Waals surface area contributed by atoms with Crippen molar-refractivity contribution in [3.8, 4) is 22.3 Å². The lowest BCUT2D eigenvalue weighted by Crippen LogP contribution is -2.16. The van der Waals surface area contributed by atoms with E-state index in [0.29, 0.717) is 46.5 Å². The van der Waals surface area contributed by atoms with Gasteiger partial charge >= 0.3 is 5.97 Å². The highest BCUT2D eigenvalue weighted by atomic mass is 32.1. The van der Waals surface area contributed by atoms with E-state index in [1.807, 2.05) is 0 Å². The number of benzene rings is 2. The van der Waals surface area contributed by atoms with Crippen LogP contribution in [0.1, 0.15) is 46.5 Å². The lowest BCUT2D eigenvalue weighted by molar-refractivity contribution is 0.0697. The van der Waals surface area contributed by atoms with Gasteiger partial charge in [0.1, 0.15) is 24.1 Å². The number of nitrogens with zero attached hydrogens (tertiary/aromatic N) is 5. The van der Waals surface area contributed by atoms with Crippen LogP contribution in [0.5, 0.6) is 11.1 Å².